The Labute approximate surface area is 328 Å². The van der Waals surface area contributed by atoms with Crippen LogP contribution >= 0.6 is 0 Å². The topological polar surface area (TPSA) is 210 Å². The van der Waals surface area contributed by atoms with E-state index in [2.05, 4.69) is 20.7 Å². The lowest BCUT2D eigenvalue weighted by Crippen LogP contribution is -2.60. The second kappa shape index (κ2) is 15.5. The molecule has 3 aliphatic heterocycles. The number of carbonyl (C=O) groups is 6. The minimum absolute atomic E-state index is 0.124. The van der Waals surface area contributed by atoms with E-state index in [4.69, 9.17) is 9.47 Å². The summed E-state index contributed by atoms with van der Waals surface area (Å²) in [5.74, 6) is -2.73. The van der Waals surface area contributed by atoms with Crippen molar-refractivity contribution >= 4 is 45.8 Å². The zero-order valence-corrected chi connectivity index (χ0v) is 34.0. The molecule has 3 heterocycles. The van der Waals surface area contributed by atoms with Crippen molar-refractivity contribution in [1.82, 2.24) is 30.5 Å². The standard InChI is InChI=1S/C39H56N6O10S/c1-7-24-19-39(24,34(49)43-56(52,53)26-14-15-26)42-32(47)29-18-25-21-45(29)33(48)30(37(2,3)4)41-35(50)55-38(5,6)16-9-8-10-17-40-31(46)27-13-11-12-23-20-44(22-28(23)27)36(51)54-25/h11-13,24-26,29-30H,7-10,14-22H2,1-6H3,(H,40,46)(H,41,50)(H,42,47)(H,43,49)/t24-,25+,29?,30+,39-/m0/s1. The number of benzene rings is 1. The summed E-state index contributed by atoms with van der Waals surface area (Å²) in [6, 6.07) is 2.93. The van der Waals surface area contributed by atoms with Crippen LogP contribution in [-0.2, 0) is 47.0 Å². The van der Waals surface area contributed by atoms with Gasteiger partial charge >= 0.3 is 12.2 Å². The van der Waals surface area contributed by atoms with E-state index in [1.807, 2.05) is 13.0 Å². The molecule has 4 bridgehead atoms. The summed E-state index contributed by atoms with van der Waals surface area (Å²) in [4.78, 5) is 85.5. The first-order chi connectivity index (χ1) is 26.2. The quantitative estimate of drug-likeness (QED) is 0.330. The van der Waals surface area contributed by atoms with Gasteiger partial charge in [0.2, 0.25) is 21.8 Å². The summed E-state index contributed by atoms with van der Waals surface area (Å²) >= 11 is 0. The number of rotatable bonds is 6. The van der Waals surface area contributed by atoms with Crippen LogP contribution in [0.15, 0.2) is 18.2 Å². The maximum absolute atomic E-state index is 14.6. The predicted octanol–water partition coefficient (Wildman–Crippen LogP) is 3.22. The highest BCUT2D eigenvalue weighted by molar-refractivity contribution is 7.91. The van der Waals surface area contributed by atoms with E-state index in [-0.39, 0.29) is 44.3 Å². The van der Waals surface area contributed by atoms with Crippen molar-refractivity contribution in [3.8, 4) is 0 Å². The molecule has 308 valence electrons. The third kappa shape index (κ3) is 8.92. The molecule has 1 aromatic rings. The van der Waals surface area contributed by atoms with Gasteiger partial charge in [0.25, 0.3) is 11.8 Å². The Morgan fingerprint density at radius 1 is 1.04 bits per heavy atom. The van der Waals surface area contributed by atoms with Crippen molar-refractivity contribution in [3.63, 3.8) is 0 Å². The molecule has 1 saturated heterocycles. The Bertz CT molecular complexity index is 1870. The molecule has 5 atom stereocenters. The van der Waals surface area contributed by atoms with Crippen molar-refractivity contribution in [2.24, 2.45) is 11.3 Å². The Morgan fingerprint density at radius 2 is 1.77 bits per heavy atom. The van der Waals surface area contributed by atoms with Gasteiger partial charge in [-0.3, -0.25) is 28.8 Å². The second-order valence-corrected chi connectivity index (χ2v) is 19.6. The molecule has 17 heteroatoms. The molecule has 5 aliphatic rings. The molecule has 2 saturated carbocycles. The van der Waals surface area contributed by atoms with E-state index in [1.165, 1.54) is 9.80 Å². The van der Waals surface area contributed by atoms with Crippen molar-refractivity contribution in [3.05, 3.63) is 34.9 Å². The van der Waals surface area contributed by atoms with Crippen LogP contribution in [0, 0.1) is 11.3 Å². The van der Waals surface area contributed by atoms with Gasteiger partial charge in [0, 0.05) is 25.1 Å². The number of hydrogen-bond donors (Lipinski definition) is 4. The van der Waals surface area contributed by atoms with E-state index in [0.29, 0.717) is 50.6 Å². The van der Waals surface area contributed by atoms with Crippen molar-refractivity contribution in [2.75, 3.05) is 13.1 Å². The van der Waals surface area contributed by atoms with E-state index < -0.39 is 79.9 Å². The van der Waals surface area contributed by atoms with E-state index >= 15 is 0 Å². The molecule has 1 unspecified atom stereocenters. The lowest BCUT2D eigenvalue weighted by Gasteiger charge is -2.36. The average molecular weight is 801 g/mol. The SMILES string of the molecule is CC[C@H]1C[C@@]1(NC(=O)C1C[C@@H]2CN1C(=O)[C@H](C(C)(C)C)NC(=O)OC(C)(C)CCCCCNC(=O)c1cccc3c1CN(C3)C(=O)O2)C(=O)NS(=O)(=O)C1CC1. The molecule has 56 heavy (non-hydrogen) atoms. The van der Waals surface area contributed by atoms with Gasteiger partial charge in [0.1, 0.15) is 29.3 Å². The third-order valence-corrected chi connectivity index (χ3v) is 13.5. The number of nitrogens with one attached hydrogen (secondary N) is 4. The number of carbonyl (C=O) groups excluding carboxylic acids is 6. The van der Waals surface area contributed by atoms with Crippen LogP contribution in [0.1, 0.15) is 121 Å². The number of nitrogens with zero attached hydrogens (tertiary/aromatic N) is 2. The first-order valence-corrected chi connectivity index (χ1v) is 21.3. The Kier molecular flexibility index (Phi) is 11.4. The largest absolute Gasteiger partial charge is 0.444 e. The van der Waals surface area contributed by atoms with Gasteiger partial charge in [-0.2, -0.15) is 0 Å². The molecule has 2 aliphatic carbocycles. The van der Waals surface area contributed by atoms with Crippen LogP contribution in [0.2, 0.25) is 0 Å². The summed E-state index contributed by atoms with van der Waals surface area (Å²) in [6.07, 6.45) is 1.72. The highest BCUT2D eigenvalue weighted by Gasteiger charge is 2.62. The lowest BCUT2D eigenvalue weighted by molar-refractivity contribution is -0.143. The van der Waals surface area contributed by atoms with Gasteiger partial charge in [-0.1, -0.05) is 52.7 Å². The number of fused-ring (bicyclic) bond motifs is 3. The summed E-state index contributed by atoms with van der Waals surface area (Å²) in [7, 11) is -3.91. The minimum Gasteiger partial charge on any atom is -0.444 e. The van der Waals surface area contributed by atoms with Gasteiger partial charge in [-0.05, 0) is 80.9 Å². The molecule has 3 fully saturated rings. The smallest absolute Gasteiger partial charge is 0.410 e. The molecule has 0 spiro atoms. The van der Waals surface area contributed by atoms with Crippen molar-refractivity contribution in [1.29, 1.82) is 0 Å². The fourth-order valence-electron chi connectivity index (χ4n) is 8.06. The molecular weight excluding hydrogens is 745 g/mol. The first-order valence-electron chi connectivity index (χ1n) is 19.8. The lowest BCUT2D eigenvalue weighted by atomic mass is 9.85. The van der Waals surface area contributed by atoms with Crippen LogP contribution in [0.3, 0.4) is 0 Å². The highest BCUT2D eigenvalue weighted by Crippen LogP contribution is 2.47. The number of sulfonamides is 1. The van der Waals surface area contributed by atoms with Gasteiger partial charge < -0.3 is 30.3 Å². The van der Waals surface area contributed by atoms with Crippen molar-refractivity contribution in [2.45, 2.75) is 147 Å². The minimum atomic E-state index is -3.91. The van der Waals surface area contributed by atoms with Gasteiger partial charge in [0.15, 0.2) is 0 Å². The molecule has 4 N–H and O–H groups in total. The van der Waals surface area contributed by atoms with Gasteiger partial charge in [-0.25, -0.2) is 18.0 Å². The normalized spacial score (nSPS) is 28.8. The number of ether oxygens (including phenoxy) is 2. The molecule has 0 radical (unpaired) electrons. The first kappa shape index (κ1) is 41.2. The highest BCUT2D eigenvalue weighted by atomic mass is 32.2. The molecule has 6 rings (SSSR count). The maximum Gasteiger partial charge on any atom is 0.410 e. The molecule has 6 amide bonds. The van der Waals surface area contributed by atoms with Crippen LogP contribution in [0.25, 0.3) is 0 Å². The fourth-order valence-corrected chi connectivity index (χ4v) is 9.43. The molecule has 16 nitrogen and oxygen atoms in total. The van der Waals surface area contributed by atoms with E-state index in [0.717, 1.165) is 17.5 Å². The average Bonchev–Trinajstić information content (AvgIpc) is 4.01. The van der Waals surface area contributed by atoms with Crippen LogP contribution in [0.5, 0.6) is 0 Å². The second-order valence-electron chi connectivity index (χ2n) is 17.7. The monoisotopic (exact) mass is 800 g/mol. The fraction of sp³-hybridized carbons (Fsp3) is 0.692. The molecule has 1 aromatic carbocycles. The van der Waals surface area contributed by atoms with E-state index in [1.54, 1.807) is 46.8 Å². The molecular formula is C39H56N6O10S. The van der Waals surface area contributed by atoms with Crippen LogP contribution in [-0.4, -0.2) is 102 Å². The van der Waals surface area contributed by atoms with Gasteiger partial charge in [0.05, 0.1) is 18.3 Å². The Hall–Kier alpha value is -4.41. The number of alkyl carbamates (subject to hydrolysis) is 1. The number of amides is 6. The van der Waals surface area contributed by atoms with Crippen LogP contribution < -0.4 is 20.7 Å². The van der Waals surface area contributed by atoms with E-state index in [9.17, 15) is 37.2 Å². The van der Waals surface area contributed by atoms with Gasteiger partial charge in [-0.15, -0.1) is 0 Å². The predicted molar refractivity (Wildman–Crippen MR) is 203 cm³/mol. The van der Waals surface area contributed by atoms with Crippen LogP contribution in [0.4, 0.5) is 9.59 Å². The summed E-state index contributed by atoms with van der Waals surface area (Å²) < 4.78 is 39.4. The van der Waals surface area contributed by atoms with Crippen molar-refractivity contribution < 1.29 is 46.7 Å². The number of hydrogen-bond acceptors (Lipinski definition) is 10. The maximum atomic E-state index is 14.6. The Balaban J connectivity index is 1.28. The molecule has 0 aromatic heterocycles. The summed E-state index contributed by atoms with van der Waals surface area (Å²) in [5.41, 5.74) is -1.26. The zero-order valence-electron chi connectivity index (χ0n) is 33.2. The Morgan fingerprint density at radius 3 is 2.43 bits per heavy atom. The number of cyclic esters (lactones) is 1. The zero-order chi connectivity index (χ0) is 40.8. The summed E-state index contributed by atoms with van der Waals surface area (Å²) in [5, 5.41) is 7.87. The third-order valence-electron chi connectivity index (χ3n) is 11.6. The summed E-state index contributed by atoms with van der Waals surface area (Å²) in [6.45, 7) is 11.3.